The Kier molecular flexibility index (Phi) is 8.68. The van der Waals surface area contributed by atoms with Crippen molar-refractivity contribution in [1.29, 1.82) is 0 Å². The predicted molar refractivity (Wildman–Crippen MR) is 163 cm³/mol. The van der Waals surface area contributed by atoms with Gasteiger partial charge in [-0.25, -0.2) is 27.6 Å². The molecule has 4 aromatic rings. The summed E-state index contributed by atoms with van der Waals surface area (Å²) in [5, 5.41) is 9.57. The molecule has 218 valence electrons. The standard InChI is InChI=1S/C28H36N8O3S2/c1-5-34(6-2)19(4)15-29-28(37)20-13-24(31-26(14-20)35-17-21(18-35)33-41(38,39)7-3)22-16-30-36-11-10-23(32-27(22)36)25-9-8-12-40-25/h8-14,16,19,21,33H,5-7,15,17-18H2,1-4H3,(H,29,37). The summed E-state index contributed by atoms with van der Waals surface area (Å²) in [5.41, 5.74) is 3.23. The summed E-state index contributed by atoms with van der Waals surface area (Å²) >= 11 is 1.61. The van der Waals surface area contributed by atoms with Crippen molar-refractivity contribution in [3.05, 3.63) is 53.7 Å². The number of aromatic nitrogens is 4. The van der Waals surface area contributed by atoms with Crippen LogP contribution in [0, 0.1) is 0 Å². The summed E-state index contributed by atoms with van der Waals surface area (Å²) in [6.45, 7) is 11.2. The third-order valence-corrected chi connectivity index (χ3v) is 9.76. The van der Waals surface area contributed by atoms with Crippen molar-refractivity contribution in [2.75, 3.05) is 43.4 Å². The Morgan fingerprint density at radius 3 is 2.61 bits per heavy atom. The van der Waals surface area contributed by atoms with Crippen LogP contribution in [-0.4, -0.2) is 89.4 Å². The second kappa shape index (κ2) is 12.2. The number of nitrogens with zero attached hydrogens (tertiary/aromatic N) is 6. The van der Waals surface area contributed by atoms with Crippen molar-refractivity contribution < 1.29 is 13.2 Å². The number of thiophene rings is 1. The maximum absolute atomic E-state index is 13.4. The first-order valence-electron chi connectivity index (χ1n) is 13.9. The molecule has 11 nitrogen and oxygen atoms in total. The lowest BCUT2D eigenvalue weighted by molar-refractivity contribution is 0.0938. The van der Waals surface area contributed by atoms with E-state index in [2.05, 4.69) is 40.8 Å². The van der Waals surface area contributed by atoms with Crippen LogP contribution in [0.5, 0.6) is 0 Å². The lowest BCUT2D eigenvalue weighted by Crippen LogP contribution is -2.59. The van der Waals surface area contributed by atoms with Gasteiger partial charge in [-0.05, 0) is 56.6 Å². The summed E-state index contributed by atoms with van der Waals surface area (Å²) < 4.78 is 28.5. The highest BCUT2D eigenvalue weighted by Crippen LogP contribution is 2.30. The zero-order chi connectivity index (χ0) is 29.1. The minimum Gasteiger partial charge on any atom is -0.353 e. The Labute approximate surface area is 244 Å². The van der Waals surface area contributed by atoms with E-state index in [1.807, 2.05) is 34.7 Å². The zero-order valence-electron chi connectivity index (χ0n) is 23.7. The number of hydrogen-bond acceptors (Lipinski definition) is 9. The molecule has 1 fully saturated rings. The molecule has 0 spiro atoms. The molecule has 13 heteroatoms. The number of amides is 1. The third kappa shape index (κ3) is 6.43. The van der Waals surface area contributed by atoms with Gasteiger partial charge in [0.05, 0.1) is 39.8 Å². The van der Waals surface area contributed by atoms with Crippen LogP contribution in [0.15, 0.2) is 48.1 Å². The highest BCUT2D eigenvalue weighted by molar-refractivity contribution is 7.89. The molecular weight excluding hydrogens is 560 g/mol. The molecule has 1 unspecified atom stereocenters. The van der Waals surface area contributed by atoms with Gasteiger partial charge in [0.15, 0.2) is 5.65 Å². The van der Waals surface area contributed by atoms with Crippen LogP contribution >= 0.6 is 11.3 Å². The van der Waals surface area contributed by atoms with E-state index in [1.54, 1.807) is 41.1 Å². The van der Waals surface area contributed by atoms with Crippen molar-refractivity contribution in [2.24, 2.45) is 0 Å². The summed E-state index contributed by atoms with van der Waals surface area (Å²) in [7, 11) is -3.31. The van der Waals surface area contributed by atoms with Gasteiger partial charge in [-0.2, -0.15) is 5.10 Å². The Morgan fingerprint density at radius 2 is 1.93 bits per heavy atom. The van der Waals surface area contributed by atoms with Gasteiger partial charge in [-0.15, -0.1) is 11.3 Å². The van der Waals surface area contributed by atoms with E-state index in [-0.39, 0.29) is 23.7 Å². The summed E-state index contributed by atoms with van der Waals surface area (Å²) in [6, 6.07) is 9.46. The summed E-state index contributed by atoms with van der Waals surface area (Å²) in [5.74, 6) is 0.439. The van der Waals surface area contributed by atoms with Crippen LogP contribution in [-0.2, 0) is 10.0 Å². The fraction of sp³-hybridized carbons (Fsp3) is 0.429. The first-order chi connectivity index (χ1) is 19.7. The van der Waals surface area contributed by atoms with Crippen molar-refractivity contribution in [3.8, 4) is 21.8 Å². The molecule has 0 aliphatic carbocycles. The molecule has 0 bridgehead atoms. The molecule has 0 radical (unpaired) electrons. The predicted octanol–water partition coefficient (Wildman–Crippen LogP) is 3.11. The van der Waals surface area contributed by atoms with Gasteiger partial charge in [-0.1, -0.05) is 19.9 Å². The van der Waals surface area contributed by atoms with E-state index in [0.717, 1.165) is 23.7 Å². The number of pyridine rings is 1. The van der Waals surface area contributed by atoms with E-state index in [9.17, 15) is 13.2 Å². The van der Waals surface area contributed by atoms with Gasteiger partial charge >= 0.3 is 0 Å². The maximum atomic E-state index is 13.4. The van der Waals surface area contributed by atoms with Crippen molar-refractivity contribution in [1.82, 2.24) is 34.5 Å². The smallest absolute Gasteiger partial charge is 0.251 e. The number of fused-ring (bicyclic) bond motifs is 1. The van der Waals surface area contributed by atoms with Crippen LogP contribution in [0.25, 0.3) is 27.5 Å². The van der Waals surface area contributed by atoms with E-state index >= 15 is 0 Å². The molecule has 41 heavy (non-hydrogen) atoms. The van der Waals surface area contributed by atoms with Gasteiger partial charge in [-0.3, -0.25) is 9.69 Å². The molecule has 2 N–H and O–H groups in total. The monoisotopic (exact) mass is 596 g/mol. The van der Waals surface area contributed by atoms with Gasteiger partial charge in [0.2, 0.25) is 10.0 Å². The fourth-order valence-corrected chi connectivity index (χ4v) is 6.47. The van der Waals surface area contributed by atoms with Crippen LogP contribution < -0.4 is 14.9 Å². The fourth-order valence-electron chi connectivity index (χ4n) is 4.95. The number of carbonyl (C=O) groups excluding carboxylic acids is 1. The highest BCUT2D eigenvalue weighted by atomic mass is 32.2. The second-order valence-corrected chi connectivity index (χ2v) is 13.1. The van der Waals surface area contributed by atoms with Crippen LogP contribution in [0.2, 0.25) is 0 Å². The summed E-state index contributed by atoms with van der Waals surface area (Å²) in [6.07, 6.45) is 3.58. The van der Waals surface area contributed by atoms with Crippen molar-refractivity contribution in [3.63, 3.8) is 0 Å². The van der Waals surface area contributed by atoms with Crippen LogP contribution in [0.3, 0.4) is 0 Å². The van der Waals surface area contributed by atoms with E-state index in [4.69, 9.17) is 9.97 Å². The van der Waals surface area contributed by atoms with E-state index < -0.39 is 10.0 Å². The molecule has 1 aliphatic rings. The number of nitrogens with one attached hydrogen (secondary N) is 2. The third-order valence-electron chi connectivity index (χ3n) is 7.42. The molecule has 1 atom stereocenters. The number of likely N-dealkylation sites (N-methyl/N-ethyl adjacent to an activating group) is 1. The highest BCUT2D eigenvalue weighted by Gasteiger charge is 2.31. The molecule has 1 amide bonds. The number of rotatable bonds is 12. The normalized spacial score (nSPS) is 14.9. The van der Waals surface area contributed by atoms with Crippen molar-refractivity contribution in [2.45, 2.75) is 39.8 Å². The number of sulfonamides is 1. The molecular formula is C28H36N8O3S2. The van der Waals surface area contributed by atoms with Crippen molar-refractivity contribution >= 4 is 38.7 Å². The van der Waals surface area contributed by atoms with E-state index in [1.165, 1.54) is 0 Å². The van der Waals surface area contributed by atoms with Crippen LogP contribution in [0.4, 0.5) is 5.82 Å². The molecule has 1 saturated heterocycles. The second-order valence-electron chi connectivity index (χ2n) is 10.1. The minimum atomic E-state index is -3.31. The zero-order valence-corrected chi connectivity index (χ0v) is 25.4. The molecule has 5 heterocycles. The molecule has 0 saturated carbocycles. The average Bonchev–Trinajstić information content (AvgIpc) is 3.64. The minimum absolute atomic E-state index is 0.0304. The number of carbonyl (C=O) groups is 1. The molecule has 4 aromatic heterocycles. The SMILES string of the molecule is CCN(CC)C(C)CNC(=O)c1cc(-c2cnn3ccc(-c4cccs4)nc23)nc(N2CC(NS(=O)(=O)CC)C2)c1. The molecule has 5 rings (SSSR count). The van der Waals surface area contributed by atoms with Gasteiger partial charge in [0.1, 0.15) is 5.82 Å². The first-order valence-corrected chi connectivity index (χ1v) is 16.4. The number of hydrogen-bond donors (Lipinski definition) is 2. The Hall–Kier alpha value is -3.39. The lowest BCUT2D eigenvalue weighted by atomic mass is 10.1. The largest absolute Gasteiger partial charge is 0.353 e. The molecule has 1 aliphatic heterocycles. The Morgan fingerprint density at radius 1 is 1.15 bits per heavy atom. The number of anilines is 1. The Balaban J connectivity index is 1.47. The summed E-state index contributed by atoms with van der Waals surface area (Å²) in [4.78, 5) is 28.5. The Bertz CT molecular complexity index is 1610. The quantitative estimate of drug-likeness (QED) is 0.256. The average molecular weight is 597 g/mol. The molecule has 0 aromatic carbocycles. The van der Waals surface area contributed by atoms with Gasteiger partial charge in [0, 0.05) is 37.4 Å². The van der Waals surface area contributed by atoms with Gasteiger partial charge < -0.3 is 10.2 Å². The maximum Gasteiger partial charge on any atom is 0.251 e. The first kappa shape index (κ1) is 29.1. The van der Waals surface area contributed by atoms with Gasteiger partial charge in [0.25, 0.3) is 5.91 Å². The van der Waals surface area contributed by atoms with E-state index in [0.29, 0.717) is 47.9 Å². The topological polar surface area (TPSA) is 125 Å². The lowest BCUT2D eigenvalue weighted by Gasteiger charge is -2.40. The van der Waals surface area contributed by atoms with Crippen LogP contribution in [0.1, 0.15) is 38.1 Å².